The minimum absolute atomic E-state index is 0.169. The van der Waals surface area contributed by atoms with E-state index in [1.165, 1.54) is 0 Å². The van der Waals surface area contributed by atoms with Crippen molar-refractivity contribution in [3.8, 4) is 0 Å². The SMILES string of the molecule is C=C[C@H]1OCC[C@@]1(C)O. The molecular formula is C7H12O2. The van der Waals surface area contributed by atoms with Crippen LogP contribution in [0.1, 0.15) is 13.3 Å². The Kier molecular flexibility index (Phi) is 1.60. The van der Waals surface area contributed by atoms with Crippen molar-refractivity contribution in [2.45, 2.75) is 25.0 Å². The normalized spacial score (nSPS) is 43.1. The predicted octanol–water partition coefficient (Wildman–Crippen LogP) is 0.712. The van der Waals surface area contributed by atoms with Crippen molar-refractivity contribution >= 4 is 0 Å². The van der Waals surface area contributed by atoms with E-state index in [-0.39, 0.29) is 6.10 Å². The van der Waals surface area contributed by atoms with Gasteiger partial charge in [0, 0.05) is 6.42 Å². The van der Waals surface area contributed by atoms with Gasteiger partial charge in [-0.2, -0.15) is 0 Å². The Labute approximate surface area is 55.1 Å². The molecule has 0 aromatic carbocycles. The molecule has 52 valence electrons. The van der Waals surface area contributed by atoms with Crippen LogP contribution >= 0.6 is 0 Å². The summed E-state index contributed by atoms with van der Waals surface area (Å²) in [6.07, 6.45) is 2.19. The van der Waals surface area contributed by atoms with Gasteiger partial charge >= 0.3 is 0 Å². The van der Waals surface area contributed by atoms with Crippen LogP contribution in [0.4, 0.5) is 0 Å². The summed E-state index contributed by atoms with van der Waals surface area (Å²) in [6.45, 7) is 5.97. The molecule has 2 nitrogen and oxygen atoms in total. The summed E-state index contributed by atoms with van der Waals surface area (Å²) in [4.78, 5) is 0. The molecule has 0 aromatic rings. The highest BCUT2D eigenvalue weighted by Crippen LogP contribution is 2.25. The lowest BCUT2D eigenvalue weighted by Gasteiger charge is -2.19. The van der Waals surface area contributed by atoms with E-state index in [0.717, 1.165) is 0 Å². The molecule has 0 aromatic heterocycles. The lowest BCUT2D eigenvalue weighted by molar-refractivity contribution is 0.00234. The first kappa shape index (κ1) is 6.78. The van der Waals surface area contributed by atoms with Crippen molar-refractivity contribution in [3.05, 3.63) is 12.7 Å². The van der Waals surface area contributed by atoms with Gasteiger partial charge in [0.15, 0.2) is 0 Å². The Morgan fingerprint density at radius 1 is 1.89 bits per heavy atom. The van der Waals surface area contributed by atoms with Gasteiger partial charge < -0.3 is 9.84 Å². The summed E-state index contributed by atoms with van der Waals surface area (Å²) >= 11 is 0. The molecule has 1 N–H and O–H groups in total. The van der Waals surface area contributed by atoms with Crippen molar-refractivity contribution in [1.82, 2.24) is 0 Å². The quantitative estimate of drug-likeness (QED) is 0.527. The van der Waals surface area contributed by atoms with Gasteiger partial charge in [0.2, 0.25) is 0 Å². The van der Waals surface area contributed by atoms with Gasteiger partial charge in [0.05, 0.1) is 12.2 Å². The maximum Gasteiger partial charge on any atom is 0.104 e. The van der Waals surface area contributed by atoms with Crippen LogP contribution in [0.5, 0.6) is 0 Å². The number of hydrogen-bond donors (Lipinski definition) is 1. The fraction of sp³-hybridized carbons (Fsp3) is 0.714. The minimum Gasteiger partial charge on any atom is -0.387 e. The van der Waals surface area contributed by atoms with Gasteiger partial charge in [-0.1, -0.05) is 6.08 Å². The first-order chi connectivity index (χ1) is 4.17. The number of aliphatic hydroxyl groups is 1. The summed E-state index contributed by atoms with van der Waals surface area (Å²) in [5.74, 6) is 0. The average Bonchev–Trinajstić information content (AvgIpc) is 2.08. The van der Waals surface area contributed by atoms with Crippen LogP contribution in [0.2, 0.25) is 0 Å². The molecule has 0 bridgehead atoms. The molecule has 1 heterocycles. The lowest BCUT2D eigenvalue weighted by atomic mass is 9.99. The van der Waals surface area contributed by atoms with Crippen LogP contribution in [0, 0.1) is 0 Å². The van der Waals surface area contributed by atoms with E-state index < -0.39 is 5.60 Å². The van der Waals surface area contributed by atoms with Crippen molar-refractivity contribution in [3.63, 3.8) is 0 Å². The summed E-state index contributed by atoms with van der Waals surface area (Å²) in [6, 6.07) is 0. The number of rotatable bonds is 1. The molecule has 1 fully saturated rings. The summed E-state index contributed by atoms with van der Waals surface area (Å²) in [5.41, 5.74) is -0.679. The van der Waals surface area contributed by atoms with Crippen LogP contribution in [0.15, 0.2) is 12.7 Å². The topological polar surface area (TPSA) is 29.5 Å². The van der Waals surface area contributed by atoms with E-state index in [1.54, 1.807) is 13.0 Å². The monoisotopic (exact) mass is 128 g/mol. The van der Waals surface area contributed by atoms with E-state index >= 15 is 0 Å². The van der Waals surface area contributed by atoms with Crippen molar-refractivity contribution in [2.75, 3.05) is 6.61 Å². The number of hydrogen-bond acceptors (Lipinski definition) is 2. The zero-order valence-electron chi connectivity index (χ0n) is 5.63. The Morgan fingerprint density at radius 3 is 2.78 bits per heavy atom. The Morgan fingerprint density at radius 2 is 2.56 bits per heavy atom. The highest BCUT2D eigenvalue weighted by atomic mass is 16.5. The summed E-state index contributed by atoms with van der Waals surface area (Å²) in [5, 5.41) is 9.46. The third kappa shape index (κ3) is 1.14. The van der Waals surface area contributed by atoms with Gasteiger partial charge in [-0.05, 0) is 6.92 Å². The molecule has 1 saturated heterocycles. The second-order valence-corrected chi connectivity index (χ2v) is 2.63. The standard InChI is InChI=1S/C7H12O2/c1-3-6-7(2,8)4-5-9-6/h3,6,8H,1,4-5H2,2H3/t6-,7-/m1/s1. The Hall–Kier alpha value is -0.340. The van der Waals surface area contributed by atoms with Crippen molar-refractivity contribution in [1.29, 1.82) is 0 Å². The molecular weight excluding hydrogens is 116 g/mol. The van der Waals surface area contributed by atoms with Crippen LogP contribution in [-0.4, -0.2) is 23.4 Å². The first-order valence-electron chi connectivity index (χ1n) is 3.13. The lowest BCUT2D eigenvalue weighted by Crippen LogP contribution is -2.32. The molecule has 1 rings (SSSR count). The van der Waals surface area contributed by atoms with Crippen LogP contribution in [0.3, 0.4) is 0 Å². The van der Waals surface area contributed by atoms with Gasteiger partial charge in [-0.3, -0.25) is 0 Å². The van der Waals surface area contributed by atoms with Crippen LogP contribution in [-0.2, 0) is 4.74 Å². The highest BCUT2D eigenvalue weighted by molar-refractivity contribution is 4.98. The first-order valence-corrected chi connectivity index (χ1v) is 3.13. The van der Waals surface area contributed by atoms with Crippen LogP contribution < -0.4 is 0 Å². The third-order valence-electron chi connectivity index (χ3n) is 1.73. The molecule has 0 amide bonds. The highest BCUT2D eigenvalue weighted by Gasteiger charge is 2.35. The molecule has 1 aliphatic heterocycles. The van der Waals surface area contributed by atoms with Crippen molar-refractivity contribution < 1.29 is 9.84 Å². The smallest absolute Gasteiger partial charge is 0.104 e. The molecule has 0 aliphatic carbocycles. The molecule has 0 spiro atoms. The molecule has 2 heteroatoms. The molecule has 0 radical (unpaired) electrons. The maximum absolute atomic E-state index is 9.46. The maximum atomic E-state index is 9.46. The Bertz CT molecular complexity index is 118. The zero-order chi connectivity index (χ0) is 6.91. The van der Waals surface area contributed by atoms with E-state index in [0.29, 0.717) is 13.0 Å². The van der Waals surface area contributed by atoms with Crippen molar-refractivity contribution in [2.24, 2.45) is 0 Å². The molecule has 1 aliphatic rings. The van der Waals surface area contributed by atoms with E-state index in [1.807, 2.05) is 0 Å². The molecule has 2 atom stereocenters. The average molecular weight is 128 g/mol. The van der Waals surface area contributed by atoms with Gasteiger partial charge in [0.1, 0.15) is 6.10 Å². The third-order valence-corrected chi connectivity index (χ3v) is 1.73. The molecule has 0 saturated carbocycles. The second-order valence-electron chi connectivity index (χ2n) is 2.63. The second kappa shape index (κ2) is 2.12. The van der Waals surface area contributed by atoms with E-state index in [2.05, 4.69) is 6.58 Å². The van der Waals surface area contributed by atoms with Gasteiger partial charge in [-0.15, -0.1) is 6.58 Å². The van der Waals surface area contributed by atoms with Gasteiger partial charge in [-0.25, -0.2) is 0 Å². The summed E-state index contributed by atoms with van der Waals surface area (Å²) < 4.78 is 5.15. The largest absolute Gasteiger partial charge is 0.387 e. The predicted molar refractivity (Wildman–Crippen MR) is 35.2 cm³/mol. The molecule has 9 heavy (non-hydrogen) atoms. The fourth-order valence-electron chi connectivity index (χ4n) is 1.04. The fourth-order valence-corrected chi connectivity index (χ4v) is 1.04. The van der Waals surface area contributed by atoms with Crippen LogP contribution in [0.25, 0.3) is 0 Å². The zero-order valence-corrected chi connectivity index (χ0v) is 5.63. The van der Waals surface area contributed by atoms with E-state index in [4.69, 9.17) is 4.74 Å². The number of ether oxygens (including phenoxy) is 1. The van der Waals surface area contributed by atoms with E-state index in [9.17, 15) is 5.11 Å². The van der Waals surface area contributed by atoms with Gasteiger partial charge in [0.25, 0.3) is 0 Å². The molecule has 0 unspecified atom stereocenters. The summed E-state index contributed by atoms with van der Waals surface area (Å²) in [7, 11) is 0. The minimum atomic E-state index is -0.679. The Balaban J connectivity index is 2.62.